The first-order valence-corrected chi connectivity index (χ1v) is 8.92. The van der Waals surface area contributed by atoms with Gasteiger partial charge in [0, 0.05) is 6.07 Å². The Kier molecular flexibility index (Phi) is 4.44. The van der Waals surface area contributed by atoms with Crippen LogP contribution in [0.25, 0.3) is 0 Å². The van der Waals surface area contributed by atoms with Crippen molar-refractivity contribution in [1.29, 1.82) is 0 Å². The lowest BCUT2D eigenvalue weighted by Crippen LogP contribution is -2.18. The Morgan fingerprint density at radius 2 is 1.57 bits per heavy atom. The second-order valence-electron chi connectivity index (χ2n) is 6.84. The third-order valence-electron chi connectivity index (χ3n) is 3.69. The smallest absolute Gasteiger partial charge is 0.262 e. The number of anilines is 1. The molecule has 0 spiro atoms. The second-order valence-corrected chi connectivity index (χ2v) is 8.46. The molecule has 124 valence electrons. The van der Waals surface area contributed by atoms with Crippen molar-refractivity contribution in [3.8, 4) is 5.75 Å². The summed E-state index contributed by atoms with van der Waals surface area (Å²) in [6.45, 7) is 9.90. The fraction of sp³-hybridized carbons (Fsp3) is 0.333. The molecule has 23 heavy (non-hydrogen) atoms. The molecule has 0 aliphatic carbocycles. The lowest BCUT2D eigenvalue weighted by atomic mass is 9.85. The highest BCUT2D eigenvalue weighted by atomic mass is 32.2. The third kappa shape index (κ3) is 3.85. The molecular formula is C18H23NO3S. The van der Waals surface area contributed by atoms with Crippen LogP contribution in [0, 0.1) is 13.8 Å². The SMILES string of the molecule is Cc1cc(C(C)(C)C)cc(C)c1S(=O)(=O)Nc1cccc(O)c1. The van der Waals surface area contributed by atoms with Crippen molar-refractivity contribution in [2.24, 2.45) is 0 Å². The zero-order valence-corrected chi connectivity index (χ0v) is 15.0. The summed E-state index contributed by atoms with van der Waals surface area (Å²) in [7, 11) is -3.71. The zero-order valence-electron chi connectivity index (χ0n) is 14.1. The van der Waals surface area contributed by atoms with Gasteiger partial charge in [-0.15, -0.1) is 0 Å². The Labute approximate surface area is 138 Å². The van der Waals surface area contributed by atoms with E-state index < -0.39 is 10.0 Å². The summed E-state index contributed by atoms with van der Waals surface area (Å²) in [6, 6.07) is 9.91. The van der Waals surface area contributed by atoms with Crippen LogP contribution in [-0.4, -0.2) is 13.5 Å². The van der Waals surface area contributed by atoms with Gasteiger partial charge >= 0.3 is 0 Å². The van der Waals surface area contributed by atoms with E-state index in [1.54, 1.807) is 26.0 Å². The molecule has 0 atom stereocenters. The fourth-order valence-corrected chi connectivity index (χ4v) is 4.09. The minimum atomic E-state index is -3.71. The standard InChI is InChI=1S/C18H23NO3S/c1-12-9-14(18(3,4)5)10-13(2)17(12)23(21,22)19-15-7-6-8-16(20)11-15/h6-11,19-20H,1-5H3. The summed E-state index contributed by atoms with van der Waals surface area (Å²) in [5.41, 5.74) is 2.81. The Bertz CT molecular complexity index is 811. The molecule has 2 aromatic rings. The van der Waals surface area contributed by atoms with E-state index >= 15 is 0 Å². The van der Waals surface area contributed by atoms with Gasteiger partial charge in [0.2, 0.25) is 0 Å². The molecule has 0 heterocycles. The maximum Gasteiger partial charge on any atom is 0.262 e. The van der Waals surface area contributed by atoms with Crippen LogP contribution in [0.15, 0.2) is 41.3 Å². The second kappa shape index (κ2) is 5.89. The van der Waals surface area contributed by atoms with Gasteiger partial charge in [0.05, 0.1) is 10.6 Å². The number of phenolic OH excluding ortho intramolecular Hbond substituents is 1. The van der Waals surface area contributed by atoms with Crippen LogP contribution in [0.1, 0.15) is 37.5 Å². The van der Waals surface area contributed by atoms with Crippen LogP contribution >= 0.6 is 0 Å². The van der Waals surface area contributed by atoms with Gasteiger partial charge in [0.15, 0.2) is 0 Å². The molecule has 0 saturated carbocycles. The molecule has 2 rings (SSSR count). The number of rotatable bonds is 3. The monoisotopic (exact) mass is 333 g/mol. The van der Waals surface area contributed by atoms with E-state index in [1.165, 1.54) is 12.1 Å². The van der Waals surface area contributed by atoms with Gasteiger partial charge in [-0.3, -0.25) is 4.72 Å². The van der Waals surface area contributed by atoms with E-state index in [-0.39, 0.29) is 16.1 Å². The van der Waals surface area contributed by atoms with E-state index in [4.69, 9.17) is 0 Å². The summed E-state index contributed by atoms with van der Waals surface area (Å²) >= 11 is 0. The molecule has 2 aromatic carbocycles. The zero-order chi connectivity index (χ0) is 17.4. The number of aromatic hydroxyl groups is 1. The summed E-state index contributed by atoms with van der Waals surface area (Å²) in [5, 5.41) is 9.48. The van der Waals surface area contributed by atoms with Gasteiger partial charge in [0.25, 0.3) is 10.0 Å². The number of hydrogen-bond acceptors (Lipinski definition) is 3. The Balaban J connectivity index is 2.48. The molecule has 0 fully saturated rings. The minimum Gasteiger partial charge on any atom is -0.508 e. The van der Waals surface area contributed by atoms with E-state index in [1.807, 2.05) is 12.1 Å². The van der Waals surface area contributed by atoms with Crippen molar-refractivity contribution in [2.45, 2.75) is 44.9 Å². The highest BCUT2D eigenvalue weighted by Gasteiger charge is 2.23. The molecule has 0 aromatic heterocycles. The van der Waals surface area contributed by atoms with Crippen molar-refractivity contribution in [2.75, 3.05) is 4.72 Å². The van der Waals surface area contributed by atoms with Gasteiger partial charge in [0.1, 0.15) is 5.75 Å². The molecule has 0 saturated heterocycles. The van der Waals surface area contributed by atoms with Gasteiger partial charge in [-0.25, -0.2) is 8.42 Å². The number of sulfonamides is 1. The van der Waals surface area contributed by atoms with Crippen LogP contribution < -0.4 is 4.72 Å². The summed E-state index contributed by atoms with van der Waals surface area (Å²) in [5.74, 6) is 0.0155. The normalized spacial score (nSPS) is 12.2. The van der Waals surface area contributed by atoms with Gasteiger partial charge in [-0.1, -0.05) is 39.0 Å². The summed E-state index contributed by atoms with van der Waals surface area (Å²) in [4.78, 5) is 0.286. The lowest BCUT2D eigenvalue weighted by Gasteiger charge is -2.22. The molecular weight excluding hydrogens is 310 g/mol. The number of phenols is 1. The average Bonchev–Trinajstić information content (AvgIpc) is 2.35. The molecule has 0 amide bonds. The van der Waals surface area contributed by atoms with Crippen LogP contribution in [0.3, 0.4) is 0 Å². The van der Waals surface area contributed by atoms with Crippen molar-refractivity contribution < 1.29 is 13.5 Å². The van der Waals surface area contributed by atoms with E-state index in [9.17, 15) is 13.5 Å². The van der Waals surface area contributed by atoms with E-state index in [2.05, 4.69) is 25.5 Å². The largest absolute Gasteiger partial charge is 0.508 e. The number of hydrogen-bond donors (Lipinski definition) is 2. The molecule has 0 bridgehead atoms. The molecule has 0 unspecified atom stereocenters. The van der Waals surface area contributed by atoms with Crippen molar-refractivity contribution in [1.82, 2.24) is 0 Å². The molecule has 2 N–H and O–H groups in total. The Morgan fingerprint density at radius 3 is 2.04 bits per heavy atom. The Hall–Kier alpha value is -2.01. The van der Waals surface area contributed by atoms with E-state index in [0.29, 0.717) is 16.8 Å². The predicted octanol–water partition coefficient (Wildman–Crippen LogP) is 4.11. The molecule has 0 aliphatic heterocycles. The van der Waals surface area contributed by atoms with Crippen LogP contribution in [0.4, 0.5) is 5.69 Å². The highest BCUT2D eigenvalue weighted by molar-refractivity contribution is 7.92. The van der Waals surface area contributed by atoms with Crippen LogP contribution in [0.5, 0.6) is 5.75 Å². The van der Waals surface area contributed by atoms with Crippen LogP contribution in [-0.2, 0) is 15.4 Å². The maximum atomic E-state index is 12.7. The molecule has 0 radical (unpaired) electrons. The number of aryl methyl sites for hydroxylation is 2. The molecule has 5 heteroatoms. The maximum absolute atomic E-state index is 12.7. The third-order valence-corrected chi connectivity index (χ3v) is 5.38. The first kappa shape index (κ1) is 17.3. The topological polar surface area (TPSA) is 66.4 Å². The average molecular weight is 333 g/mol. The quantitative estimate of drug-likeness (QED) is 0.888. The van der Waals surface area contributed by atoms with Gasteiger partial charge in [-0.05, 0) is 48.1 Å². The van der Waals surface area contributed by atoms with E-state index in [0.717, 1.165) is 5.56 Å². The van der Waals surface area contributed by atoms with Gasteiger partial charge in [-0.2, -0.15) is 0 Å². The van der Waals surface area contributed by atoms with Crippen molar-refractivity contribution >= 4 is 15.7 Å². The fourth-order valence-electron chi connectivity index (χ4n) is 2.58. The first-order chi connectivity index (χ1) is 10.5. The molecule has 0 aliphatic rings. The lowest BCUT2D eigenvalue weighted by molar-refractivity contribution is 0.475. The Morgan fingerprint density at radius 1 is 1.00 bits per heavy atom. The summed E-state index contributed by atoms with van der Waals surface area (Å²) < 4.78 is 28.0. The number of nitrogens with one attached hydrogen (secondary N) is 1. The molecule has 4 nitrogen and oxygen atoms in total. The number of benzene rings is 2. The van der Waals surface area contributed by atoms with Crippen LogP contribution in [0.2, 0.25) is 0 Å². The first-order valence-electron chi connectivity index (χ1n) is 7.44. The highest BCUT2D eigenvalue weighted by Crippen LogP contribution is 2.30. The summed E-state index contributed by atoms with van der Waals surface area (Å²) in [6.07, 6.45) is 0. The van der Waals surface area contributed by atoms with Crippen molar-refractivity contribution in [3.05, 3.63) is 53.1 Å². The van der Waals surface area contributed by atoms with Gasteiger partial charge < -0.3 is 5.11 Å². The predicted molar refractivity (Wildman–Crippen MR) is 93.5 cm³/mol. The minimum absolute atomic E-state index is 0.0155. The van der Waals surface area contributed by atoms with Crippen molar-refractivity contribution in [3.63, 3.8) is 0 Å².